The molecule has 3 aromatic rings. The van der Waals surface area contributed by atoms with Crippen LogP contribution < -0.4 is 10.1 Å². The summed E-state index contributed by atoms with van der Waals surface area (Å²) in [4.78, 5) is 12.6. The fourth-order valence-corrected chi connectivity index (χ4v) is 2.81. The number of ether oxygens (including phenoxy) is 1. The largest absolute Gasteiger partial charge is 0.481 e. The number of para-hydroxylation sites is 1. The Balaban J connectivity index is 1.66. The van der Waals surface area contributed by atoms with E-state index in [1.807, 2.05) is 79.2 Å². The zero-order valence-electron chi connectivity index (χ0n) is 15.4. The number of aryl methyl sites for hydroxylation is 1. The van der Waals surface area contributed by atoms with Crippen LogP contribution in [-0.2, 0) is 11.3 Å². The number of benzene rings is 2. The van der Waals surface area contributed by atoms with Gasteiger partial charge in [-0.2, -0.15) is 5.10 Å². The molecule has 0 aliphatic carbocycles. The molecule has 140 valence electrons. The van der Waals surface area contributed by atoms with Crippen LogP contribution in [0.5, 0.6) is 5.75 Å². The van der Waals surface area contributed by atoms with Crippen molar-refractivity contribution in [3.63, 3.8) is 0 Å². The van der Waals surface area contributed by atoms with Gasteiger partial charge in [0, 0.05) is 16.8 Å². The van der Waals surface area contributed by atoms with Crippen molar-refractivity contribution in [3.8, 4) is 5.75 Å². The molecule has 0 fully saturated rings. The Kier molecular flexibility index (Phi) is 6.14. The molecule has 5 nitrogen and oxygen atoms in total. The molecule has 1 amide bonds. The molecule has 0 aliphatic heterocycles. The average molecular weight is 384 g/mol. The standard InChI is InChI=1S/C21H22ClN3O2/c1-3-19(27-18-7-5-4-6-8-18)21(26)23-20-13-15(2)25(24-20)14-16-9-11-17(22)12-10-16/h4-13,19H,3,14H2,1-2H3,(H,23,24,26)/t19-/m1/s1. The van der Waals surface area contributed by atoms with E-state index in [-0.39, 0.29) is 5.91 Å². The van der Waals surface area contributed by atoms with Gasteiger partial charge in [-0.1, -0.05) is 48.9 Å². The number of halogens is 1. The van der Waals surface area contributed by atoms with Crippen LogP contribution in [0.15, 0.2) is 60.7 Å². The van der Waals surface area contributed by atoms with Gasteiger partial charge in [-0.15, -0.1) is 0 Å². The highest BCUT2D eigenvalue weighted by atomic mass is 35.5. The molecule has 0 spiro atoms. The van der Waals surface area contributed by atoms with Crippen LogP contribution in [-0.4, -0.2) is 21.8 Å². The van der Waals surface area contributed by atoms with Gasteiger partial charge in [-0.25, -0.2) is 0 Å². The van der Waals surface area contributed by atoms with Crippen molar-refractivity contribution >= 4 is 23.3 Å². The Labute approximate surface area is 163 Å². The molecular formula is C21H22ClN3O2. The fourth-order valence-electron chi connectivity index (χ4n) is 2.69. The first-order valence-corrected chi connectivity index (χ1v) is 9.24. The van der Waals surface area contributed by atoms with Gasteiger partial charge >= 0.3 is 0 Å². The molecule has 0 aliphatic rings. The predicted octanol–water partition coefficient (Wildman–Crippen LogP) is 4.69. The number of carbonyl (C=O) groups excluding carboxylic acids is 1. The molecule has 1 atom stereocenters. The van der Waals surface area contributed by atoms with Crippen molar-refractivity contribution in [2.45, 2.75) is 32.9 Å². The molecule has 1 aromatic heterocycles. The highest BCUT2D eigenvalue weighted by molar-refractivity contribution is 6.30. The minimum Gasteiger partial charge on any atom is -0.481 e. The summed E-state index contributed by atoms with van der Waals surface area (Å²) in [6.45, 7) is 4.48. The number of amides is 1. The van der Waals surface area contributed by atoms with Crippen LogP contribution in [0.25, 0.3) is 0 Å². The van der Waals surface area contributed by atoms with Crippen molar-refractivity contribution in [1.29, 1.82) is 0 Å². The Bertz CT molecular complexity index is 892. The van der Waals surface area contributed by atoms with E-state index in [4.69, 9.17) is 16.3 Å². The summed E-state index contributed by atoms with van der Waals surface area (Å²) >= 11 is 5.93. The summed E-state index contributed by atoms with van der Waals surface area (Å²) < 4.78 is 7.63. The molecule has 1 N–H and O–H groups in total. The SMILES string of the molecule is CC[C@@H](Oc1ccccc1)C(=O)Nc1cc(C)n(Cc2ccc(Cl)cc2)n1. The summed E-state index contributed by atoms with van der Waals surface area (Å²) in [5.41, 5.74) is 2.04. The minimum atomic E-state index is -0.575. The van der Waals surface area contributed by atoms with Crippen LogP contribution in [0.4, 0.5) is 5.82 Å². The molecule has 0 saturated carbocycles. The third-order valence-electron chi connectivity index (χ3n) is 4.16. The van der Waals surface area contributed by atoms with Gasteiger partial charge in [-0.3, -0.25) is 9.48 Å². The van der Waals surface area contributed by atoms with E-state index in [1.165, 1.54) is 0 Å². The van der Waals surface area contributed by atoms with Crippen molar-refractivity contribution in [2.75, 3.05) is 5.32 Å². The lowest BCUT2D eigenvalue weighted by atomic mass is 10.2. The molecule has 6 heteroatoms. The first-order valence-electron chi connectivity index (χ1n) is 8.86. The number of rotatable bonds is 7. The maximum atomic E-state index is 12.6. The van der Waals surface area contributed by atoms with E-state index in [0.29, 0.717) is 29.6 Å². The molecule has 27 heavy (non-hydrogen) atoms. The highest BCUT2D eigenvalue weighted by Gasteiger charge is 2.20. The van der Waals surface area contributed by atoms with Crippen LogP contribution >= 0.6 is 11.6 Å². The lowest BCUT2D eigenvalue weighted by molar-refractivity contribution is -0.122. The monoisotopic (exact) mass is 383 g/mol. The molecule has 2 aromatic carbocycles. The van der Waals surface area contributed by atoms with Gasteiger partial charge in [0.2, 0.25) is 0 Å². The van der Waals surface area contributed by atoms with E-state index in [1.54, 1.807) is 0 Å². The number of hydrogen-bond acceptors (Lipinski definition) is 3. The lowest BCUT2D eigenvalue weighted by Gasteiger charge is -2.16. The minimum absolute atomic E-state index is 0.211. The topological polar surface area (TPSA) is 56.1 Å². The van der Waals surface area contributed by atoms with Gasteiger partial charge < -0.3 is 10.1 Å². The first-order chi connectivity index (χ1) is 13.0. The second-order valence-corrected chi connectivity index (χ2v) is 6.71. The molecule has 3 rings (SSSR count). The second-order valence-electron chi connectivity index (χ2n) is 6.27. The maximum Gasteiger partial charge on any atom is 0.266 e. The Hall–Kier alpha value is -2.79. The summed E-state index contributed by atoms with van der Waals surface area (Å²) in [6.07, 6.45) is -0.0142. The van der Waals surface area contributed by atoms with E-state index in [9.17, 15) is 4.79 Å². The van der Waals surface area contributed by atoms with Crippen LogP contribution in [0.3, 0.4) is 0 Å². The molecule has 0 unspecified atom stereocenters. The Morgan fingerprint density at radius 1 is 1.19 bits per heavy atom. The fraction of sp³-hybridized carbons (Fsp3) is 0.238. The summed E-state index contributed by atoms with van der Waals surface area (Å²) in [5.74, 6) is 0.975. The zero-order chi connectivity index (χ0) is 19.2. The third-order valence-corrected chi connectivity index (χ3v) is 4.41. The molecular weight excluding hydrogens is 362 g/mol. The summed E-state index contributed by atoms with van der Waals surface area (Å²) in [5, 5.41) is 8.04. The van der Waals surface area contributed by atoms with Crippen LogP contribution in [0, 0.1) is 6.92 Å². The van der Waals surface area contributed by atoms with Crippen LogP contribution in [0.1, 0.15) is 24.6 Å². The number of nitrogens with zero attached hydrogens (tertiary/aromatic N) is 2. The van der Waals surface area contributed by atoms with Gasteiger partial charge in [0.15, 0.2) is 11.9 Å². The van der Waals surface area contributed by atoms with Gasteiger partial charge in [0.1, 0.15) is 5.75 Å². The first kappa shape index (κ1) is 19.0. The van der Waals surface area contributed by atoms with Crippen molar-refractivity contribution in [1.82, 2.24) is 9.78 Å². The summed E-state index contributed by atoms with van der Waals surface area (Å²) in [7, 11) is 0. The second kappa shape index (κ2) is 8.73. The van der Waals surface area contributed by atoms with E-state index >= 15 is 0 Å². The smallest absolute Gasteiger partial charge is 0.266 e. The molecule has 0 bridgehead atoms. The predicted molar refractivity (Wildman–Crippen MR) is 107 cm³/mol. The normalized spacial score (nSPS) is 11.8. The lowest BCUT2D eigenvalue weighted by Crippen LogP contribution is -2.32. The number of anilines is 1. The van der Waals surface area contributed by atoms with Crippen molar-refractivity contribution in [2.24, 2.45) is 0 Å². The number of nitrogens with one attached hydrogen (secondary N) is 1. The Morgan fingerprint density at radius 2 is 1.89 bits per heavy atom. The highest BCUT2D eigenvalue weighted by Crippen LogP contribution is 2.16. The average Bonchev–Trinajstić information content (AvgIpc) is 3.01. The summed E-state index contributed by atoms with van der Waals surface area (Å²) in [6, 6.07) is 18.8. The number of hydrogen-bond donors (Lipinski definition) is 1. The molecule has 0 saturated heterocycles. The maximum absolute atomic E-state index is 12.6. The van der Waals surface area contributed by atoms with Crippen molar-refractivity contribution in [3.05, 3.63) is 76.9 Å². The zero-order valence-corrected chi connectivity index (χ0v) is 16.1. The number of aromatic nitrogens is 2. The number of carbonyl (C=O) groups is 1. The van der Waals surface area contributed by atoms with Gasteiger partial charge in [0.05, 0.1) is 6.54 Å². The van der Waals surface area contributed by atoms with Crippen LogP contribution in [0.2, 0.25) is 5.02 Å². The van der Waals surface area contributed by atoms with E-state index < -0.39 is 6.10 Å². The van der Waals surface area contributed by atoms with Crippen molar-refractivity contribution < 1.29 is 9.53 Å². The van der Waals surface area contributed by atoms with E-state index in [2.05, 4.69) is 10.4 Å². The van der Waals surface area contributed by atoms with E-state index in [0.717, 1.165) is 11.3 Å². The molecule has 0 radical (unpaired) electrons. The molecule has 1 heterocycles. The Morgan fingerprint density at radius 3 is 2.56 bits per heavy atom. The quantitative estimate of drug-likeness (QED) is 0.644. The van der Waals surface area contributed by atoms with Gasteiger partial charge in [-0.05, 0) is 43.2 Å². The third kappa shape index (κ3) is 5.11. The van der Waals surface area contributed by atoms with Gasteiger partial charge in [0.25, 0.3) is 5.91 Å².